The van der Waals surface area contributed by atoms with Gasteiger partial charge in [-0.05, 0) is 18.1 Å². The average Bonchev–Trinajstić information content (AvgIpc) is 3.17. The Labute approximate surface area is 159 Å². The van der Waals surface area contributed by atoms with E-state index in [1.165, 1.54) is 5.56 Å². The van der Waals surface area contributed by atoms with Crippen molar-refractivity contribution in [2.45, 2.75) is 25.0 Å². The summed E-state index contributed by atoms with van der Waals surface area (Å²) in [6.45, 7) is 3.93. The van der Waals surface area contributed by atoms with E-state index in [0.717, 1.165) is 56.3 Å². The van der Waals surface area contributed by atoms with E-state index in [2.05, 4.69) is 26.3 Å². The molecule has 1 aromatic carbocycles. The summed E-state index contributed by atoms with van der Waals surface area (Å²) in [6, 6.07) is 10.1. The minimum absolute atomic E-state index is 0.362. The zero-order valence-corrected chi connectivity index (χ0v) is 15.7. The molecule has 0 saturated carbocycles. The first kappa shape index (κ1) is 18.0. The smallest absolute Gasteiger partial charge is 0.171 e. The summed E-state index contributed by atoms with van der Waals surface area (Å²) in [4.78, 5) is 11.1. The maximum absolute atomic E-state index is 5.80. The zero-order valence-electron chi connectivity index (χ0n) is 15.7. The SMILES string of the molecule is COc1ccccc1CCNc1cc(N2CCC3(CC2)OCCO3)ncn1. The van der Waals surface area contributed by atoms with Gasteiger partial charge in [-0.1, -0.05) is 18.2 Å². The van der Waals surface area contributed by atoms with Crippen molar-refractivity contribution in [2.75, 3.05) is 50.2 Å². The molecular weight excluding hydrogens is 344 g/mol. The minimum Gasteiger partial charge on any atom is -0.496 e. The van der Waals surface area contributed by atoms with Crippen LogP contribution < -0.4 is 15.0 Å². The van der Waals surface area contributed by atoms with Gasteiger partial charge in [0.25, 0.3) is 0 Å². The van der Waals surface area contributed by atoms with Crippen LogP contribution in [-0.2, 0) is 15.9 Å². The highest BCUT2D eigenvalue weighted by atomic mass is 16.7. The predicted octanol–water partition coefficient (Wildman–Crippen LogP) is 2.48. The van der Waals surface area contributed by atoms with E-state index in [9.17, 15) is 0 Å². The van der Waals surface area contributed by atoms with Gasteiger partial charge in [0.15, 0.2) is 5.79 Å². The Morgan fingerprint density at radius 3 is 2.70 bits per heavy atom. The van der Waals surface area contributed by atoms with Gasteiger partial charge in [0, 0.05) is 38.5 Å². The molecule has 0 unspecified atom stereocenters. The van der Waals surface area contributed by atoms with Gasteiger partial charge in [-0.2, -0.15) is 0 Å². The fourth-order valence-corrected chi connectivity index (χ4v) is 3.71. The normalized spacial score (nSPS) is 18.6. The van der Waals surface area contributed by atoms with Crippen molar-refractivity contribution in [1.82, 2.24) is 9.97 Å². The van der Waals surface area contributed by atoms with Crippen molar-refractivity contribution in [3.05, 3.63) is 42.2 Å². The molecular formula is C20H26N4O3. The standard InChI is InChI=1S/C20H26N4O3/c1-25-17-5-3-2-4-16(17)6-9-21-18-14-19(23-15-22-18)24-10-7-20(8-11-24)26-12-13-27-20/h2-5,14-15H,6-13H2,1H3,(H,21,22,23). The molecule has 144 valence electrons. The van der Waals surface area contributed by atoms with Crippen LogP contribution in [0.3, 0.4) is 0 Å². The molecule has 2 aromatic rings. The second kappa shape index (κ2) is 8.10. The van der Waals surface area contributed by atoms with E-state index < -0.39 is 0 Å². The van der Waals surface area contributed by atoms with Gasteiger partial charge >= 0.3 is 0 Å². The van der Waals surface area contributed by atoms with Crippen molar-refractivity contribution in [3.63, 3.8) is 0 Å². The fraction of sp³-hybridized carbons (Fsp3) is 0.500. The number of ether oxygens (including phenoxy) is 3. The highest BCUT2D eigenvalue weighted by Crippen LogP contribution is 2.32. The molecule has 2 aliphatic heterocycles. The molecule has 0 atom stereocenters. The summed E-state index contributed by atoms with van der Waals surface area (Å²) in [5, 5.41) is 3.39. The number of nitrogens with one attached hydrogen (secondary N) is 1. The molecule has 2 saturated heterocycles. The molecule has 2 aliphatic rings. The summed E-state index contributed by atoms with van der Waals surface area (Å²) in [6.07, 6.45) is 4.22. The molecule has 1 aromatic heterocycles. The summed E-state index contributed by atoms with van der Waals surface area (Å²) < 4.78 is 17.0. The number of methoxy groups -OCH3 is 1. The Morgan fingerprint density at radius 2 is 1.93 bits per heavy atom. The van der Waals surface area contributed by atoms with Crippen molar-refractivity contribution in [3.8, 4) is 5.75 Å². The van der Waals surface area contributed by atoms with Crippen LogP contribution in [0.4, 0.5) is 11.6 Å². The molecule has 7 nitrogen and oxygen atoms in total. The molecule has 1 N–H and O–H groups in total. The first-order valence-electron chi connectivity index (χ1n) is 9.49. The van der Waals surface area contributed by atoms with E-state index in [4.69, 9.17) is 14.2 Å². The van der Waals surface area contributed by atoms with Gasteiger partial charge in [0.2, 0.25) is 0 Å². The van der Waals surface area contributed by atoms with Crippen molar-refractivity contribution in [2.24, 2.45) is 0 Å². The molecule has 27 heavy (non-hydrogen) atoms. The number of benzene rings is 1. The molecule has 0 bridgehead atoms. The Kier molecular flexibility index (Phi) is 5.40. The van der Waals surface area contributed by atoms with Gasteiger partial charge in [-0.3, -0.25) is 0 Å². The third-order valence-corrected chi connectivity index (χ3v) is 5.21. The third-order valence-electron chi connectivity index (χ3n) is 5.21. The maximum Gasteiger partial charge on any atom is 0.171 e. The van der Waals surface area contributed by atoms with Gasteiger partial charge in [-0.25, -0.2) is 9.97 Å². The lowest BCUT2D eigenvalue weighted by Gasteiger charge is -2.38. The number of anilines is 2. The summed E-state index contributed by atoms with van der Waals surface area (Å²) >= 11 is 0. The maximum atomic E-state index is 5.80. The van der Waals surface area contributed by atoms with Crippen molar-refractivity contribution < 1.29 is 14.2 Å². The highest BCUT2D eigenvalue weighted by Gasteiger charge is 2.40. The van der Waals surface area contributed by atoms with Crippen molar-refractivity contribution in [1.29, 1.82) is 0 Å². The second-order valence-corrected chi connectivity index (χ2v) is 6.84. The van der Waals surface area contributed by atoms with Crippen molar-refractivity contribution >= 4 is 11.6 Å². The summed E-state index contributed by atoms with van der Waals surface area (Å²) in [7, 11) is 1.70. The van der Waals surface area contributed by atoms with Gasteiger partial charge < -0.3 is 24.4 Å². The van der Waals surface area contributed by atoms with Crippen LogP contribution in [0.1, 0.15) is 18.4 Å². The van der Waals surface area contributed by atoms with E-state index in [-0.39, 0.29) is 5.79 Å². The zero-order chi connectivity index (χ0) is 18.5. The number of hydrogen-bond donors (Lipinski definition) is 1. The Bertz CT molecular complexity index is 754. The molecule has 7 heteroatoms. The van der Waals surface area contributed by atoms with E-state index >= 15 is 0 Å². The molecule has 3 heterocycles. The summed E-state index contributed by atoms with van der Waals surface area (Å²) in [5.74, 6) is 2.33. The van der Waals surface area contributed by atoms with Crippen LogP contribution in [0.5, 0.6) is 5.75 Å². The quantitative estimate of drug-likeness (QED) is 0.838. The Balaban J connectivity index is 1.33. The topological polar surface area (TPSA) is 68.7 Å². The highest BCUT2D eigenvalue weighted by molar-refractivity contribution is 5.49. The molecule has 0 aliphatic carbocycles. The first-order chi connectivity index (χ1) is 13.3. The van der Waals surface area contributed by atoms with Gasteiger partial charge in [0.05, 0.1) is 20.3 Å². The van der Waals surface area contributed by atoms with Gasteiger partial charge in [0.1, 0.15) is 23.7 Å². The monoisotopic (exact) mass is 370 g/mol. The molecule has 1 spiro atoms. The lowest BCUT2D eigenvalue weighted by Crippen LogP contribution is -2.45. The Morgan fingerprint density at radius 1 is 1.15 bits per heavy atom. The Hall–Kier alpha value is -2.38. The number of para-hydroxylation sites is 1. The van der Waals surface area contributed by atoms with Crippen LogP contribution in [-0.4, -0.2) is 55.7 Å². The fourth-order valence-electron chi connectivity index (χ4n) is 3.71. The van der Waals surface area contributed by atoms with Crippen LogP contribution in [0.25, 0.3) is 0 Å². The van der Waals surface area contributed by atoms with E-state index in [0.29, 0.717) is 13.2 Å². The lowest BCUT2D eigenvalue weighted by molar-refractivity contribution is -0.169. The summed E-state index contributed by atoms with van der Waals surface area (Å²) in [5.41, 5.74) is 1.18. The van der Waals surface area contributed by atoms with Crippen LogP contribution in [0.15, 0.2) is 36.7 Å². The van der Waals surface area contributed by atoms with Crippen LogP contribution in [0.2, 0.25) is 0 Å². The number of piperidine rings is 1. The predicted molar refractivity (Wildman–Crippen MR) is 103 cm³/mol. The molecule has 0 radical (unpaired) electrons. The number of nitrogens with zero attached hydrogens (tertiary/aromatic N) is 3. The number of hydrogen-bond acceptors (Lipinski definition) is 7. The largest absolute Gasteiger partial charge is 0.496 e. The van der Waals surface area contributed by atoms with E-state index in [1.54, 1.807) is 13.4 Å². The van der Waals surface area contributed by atoms with Crippen LogP contribution >= 0.6 is 0 Å². The average molecular weight is 370 g/mol. The van der Waals surface area contributed by atoms with E-state index in [1.807, 2.05) is 24.3 Å². The minimum atomic E-state index is -0.362. The molecule has 2 fully saturated rings. The van der Waals surface area contributed by atoms with Crippen LogP contribution in [0, 0.1) is 0 Å². The van der Waals surface area contributed by atoms with Gasteiger partial charge in [-0.15, -0.1) is 0 Å². The molecule has 0 amide bonds. The number of aromatic nitrogens is 2. The third kappa shape index (κ3) is 4.14. The second-order valence-electron chi connectivity index (χ2n) is 6.84. The number of rotatable bonds is 6. The molecule has 4 rings (SSSR count). The lowest BCUT2D eigenvalue weighted by atomic mass is 10.0. The first-order valence-corrected chi connectivity index (χ1v) is 9.49.